The van der Waals surface area contributed by atoms with Crippen molar-refractivity contribution in [1.82, 2.24) is 4.90 Å². The number of halogens is 1. The van der Waals surface area contributed by atoms with Crippen molar-refractivity contribution < 1.29 is 4.84 Å². The molecule has 0 saturated heterocycles. The van der Waals surface area contributed by atoms with E-state index in [1.165, 1.54) is 7.05 Å². The lowest BCUT2D eigenvalue weighted by molar-refractivity contribution is 0.0202. The molecule has 0 aliphatic heterocycles. The molecule has 0 spiro atoms. The van der Waals surface area contributed by atoms with Crippen molar-refractivity contribution in [2.45, 2.75) is 26.7 Å². The number of nitrogens with zero attached hydrogens (tertiary/aromatic N) is 2. The van der Waals surface area contributed by atoms with Gasteiger partial charge in [0.25, 0.3) is 0 Å². The fraction of sp³-hybridized carbons (Fsp3) is 0.409. The van der Waals surface area contributed by atoms with Crippen LogP contribution in [0.15, 0.2) is 48.5 Å². The van der Waals surface area contributed by atoms with Gasteiger partial charge in [0.05, 0.1) is 11.4 Å². The highest BCUT2D eigenvalue weighted by Crippen LogP contribution is 2.26. The summed E-state index contributed by atoms with van der Waals surface area (Å²) in [7, 11) is 3.38. The van der Waals surface area contributed by atoms with Gasteiger partial charge in [0.2, 0.25) is 0 Å². The Hall–Kier alpha value is -1.92. The zero-order chi connectivity index (χ0) is 20.9. The Morgan fingerprint density at radius 3 is 2.21 bits per heavy atom. The van der Waals surface area contributed by atoms with Crippen molar-refractivity contribution >= 4 is 23.0 Å². The van der Waals surface area contributed by atoms with E-state index in [2.05, 4.69) is 24.5 Å². The van der Waals surface area contributed by atoms with Crippen LogP contribution in [0.1, 0.15) is 37.8 Å². The predicted molar refractivity (Wildman–Crippen MR) is 120 cm³/mol. The molecule has 154 valence electrons. The van der Waals surface area contributed by atoms with Gasteiger partial charge in [-0.05, 0) is 38.1 Å². The zero-order valence-electron chi connectivity index (χ0n) is 17.4. The Bertz CT molecular complexity index is 703. The van der Waals surface area contributed by atoms with Gasteiger partial charge in [0.1, 0.15) is 6.73 Å². The van der Waals surface area contributed by atoms with Gasteiger partial charge >= 0.3 is 0 Å². The molecule has 2 aromatic rings. The summed E-state index contributed by atoms with van der Waals surface area (Å²) in [5.41, 5.74) is 7.36. The van der Waals surface area contributed by atoms with E-state index in [4.69, 9.17) is 21.8 Å². The molecule has 5 nitrogen and oxygen atoms in total. The lowest BCUT2D eigenvalue weighted by atomic mass is 10.0. The Kier molecular flexibility index (Phi) is 11.4. The van der Waals surface area contributed by atoms with Crippen LogP contribution >= 0.6 is 11.6 Å². The SMILES string of the molecule is CCCN(CCC)CON(C)c1ccc(Cl)cc1C(=N)c1ccccc1.CN. The van der Waals surface area contributed by atoms with Crippen LogP contribution in [-0.2, 0) is 4.84 Å². The Morgan fingerprint density at radius 1 is 1.04 bits per heavy atom. The third kappa shape index (κ3) is 7.24. The topological polar surface area (TPSA) is 65.6 Å². The summed E-state index contributed by atoms with van der Waals surface area (Å²) >= 11 is 6.20. The molecule has 0 amide bonds. The van der Waals surface area contributed by atoms with Crippen molar-refractivity contribution in [3.8, 4) is 0 Å². The number of hydrogen-bond donors (Lipinski definition) is 2. The van der Waals surface area contributed by atoms with Crippen LogP contribution in [0.5, 0.6) is 0 Å². The minimum Gasteiger partial charge on any atom is -0.333 e. The molecule has 0 bridgehead atoms. The molecule has 0 heterocycles. The lowest BCUT2D eigenvalue weighted by Gasteiger charge is -2.27. The van der Waals surface area contributed by atoms with Gasteiger partial charge in [0, 0.05) is 36.3 Å². The van der Waals surface area contributed by atoms with E-state index in [0.29, 0.717) is 17.5 Å². The van der Waals surface area contributed by atoms with Gasteiger partial charge in [-0.2, -0.15) is 0 Å². The summed E-state index contributed by atoms with van der Waals surface area (Å²) in [4.78, 5) is 8.27. The first-order valence-corrected chi connectivity index (χ1v) is 10.0. The lowest BCUT2D eigenvalue weighted by Crippen LogP contribution is -2.33. The van der Waals surface area contributed by atoms with Crippen molar-refractivity contribution in [1.29, 1.82) is 5.41 Å². The fourth-order valence-corrected chi connectivity index (χ4v) is 3.03. The summed E-state index contributed by atoms with van der Waals surface area (Å²) < 4.78 is 0. The minimum absolute atomic E-state index is 0.428. The molecule has 0 unspecified atom stereocenters. The fourth-order valence-electron chi connectivity index (χ4n) is 2.85. The van der Waals surface area contributed by atoms with Crippen LogP contribution in [0.4, 0.5) is 5.69 Å². The van der Waals surface area contributed by atoms with Crippen LogP contribution in [0.3, 0.4) is 0 Å². The van der Waals surface area contributed by atoms with Crippen molar-refractivity contribution in [2.75, 3.05) is 39.0 Å². The van der Waals surface area contributed by atoms with Crippen LogP contribution in [0.25, 0.3) is 0 Å². The highest BCUT2D eigenvalue weighted by Gasteiger charge is 2.15. The van der Waals surface area contributed by atoms with Gasteiger partial charge in [-0.3, -0.25) is 20.2 Å². The van der Waals surface area contributed by atoms with E-state index >= 15 is 0 Å². The summed E-state index contributed by atoms with van der Waals surface area (Å²) in [6.45, 7) is 6.89. The molecule has 0 fully saturated rings. The van der Waals surface area contributed by atoms with Gasteiger partial charge in [0.15, 0.2) is 0 Å². The normalized spacial score (nSPS) is 10.4. The molecule has 0 aliphatic rings. The standard InChI is InChI=1S/C21H28ClN3O.CH5N/c1-4-13-25(14-5-2)16-26-24(3)20-12-11-18(22)15-19(20)21(23)17-9-7-6-8-10-17;1-2/h6-12,15,23H,4-5,13-14,16H2,1-3H3;2H2,1H3. The summed E-state index contributed by atoms with van der Waals surface area (Å²) in [6, 6.07) is 15.2. The number of nitrogens with two attached hydrogens (primary N) is 1. The van der Waals surface area contributed by atoms with Gasteiger partial charge in [-0.1, -0.05) is 55.8 Å². The zero-order valence-corrected chi connectivity index (χ0v) is 18.2. The number of nitrogens with one attached hydrogen (secondary N) is 1. The number of hydrogen-bond acceptors (Lipinski definition) is 5. The number of anilines is 1. The molecule has 0 aliphatic carbocycles. The second-order valence-corrected chi connectivity index (χ2v) is 6.71. The average molecular weight is 405 g/mol. The molecule has 2 aromatic carbocycles. The van der Waals surface area contributed by atoms with Crippen LogP contribution < -0.4 is 10.8 Å². The van der Waals surface area contributed by atoms with Crippen LogP contribution in [0.2, 0.25) is 5.02 Å². The first-order chi connectivity index (χ1) is 13.6. The summed E-state index contributed by atoms with van der Waals surface area (Å²) in [5, 5.41) is 10.9. The third-order valence-corrected chi connectivity index (χ3v) is 4.38. The number of hydroxylamine groups is 1. The monoisotopic (exact) mass is 404 g/mol. The number of rotatable bonds is 10. The predicted octanol–water partition coefficient (Wildman–Crippen LogP) is 4.78. The maximum Gasteiger partial charge on any atom is 0.128 e. The van der Waals surface area contributed by atoms with E-state index in [1.54, 1.807) is 5.06 Å². The first-order valence-electron chi connectivity index (χ1n) is 9.67. The Balaban J connectivity index is 0.00000190. The van der Waals surface area contributed by atoms with Crippen molar-refractivity contribution in [2.24, 2.45) is 5.73 Å². The smallest absolute Gasteiger partial charge is 0.128 e. The molecule has 6 heteroatoms. The second kappa shape index (κ2) is 13.3. The second-order valence-electron chi connectivity index (χ2n) is 6.28. The largest absolute Gasteiger partial charge is 0.333 e. The molecule has 3 N–H and O–H groups in total. The first kappa shape index (κ1) is 24.1. The summed E-state index contributed by atoms with van der Waals surface area (Å²) in [6.07, 6.45) is 2.19. The highest BCUT2D eigenvalue weighted by atomic mass is 35.5. The minimum atomic E-state index is 0.428. The third-order valence-electron chi connectivity index (χ3n) is 4.14. The molecule has 28 heavy (non-hydrogen) atoms. The molecule has 2 rings (SSSR count). The van der Waals surface area contributed by atoms with E-state index in [9.17, 15) is 0 Å². The average Bonchev–Trinajstić information content (AvgIpc) is 2.73. The van der Waals surface area contributed by atoms with Gasteiger partial charge in [-0.25, -0.2) is 0 Å². The van der Waals surface area contributed by atoms with Gasteiger partial charge in [-0.15, -0.1) is 0 Å². The Morgan fingerprint density at radius 2 is 1.64 bits per heavy atom. The summed E-state index contributed by atoms with van der Waals surface area (Å²) in [5.74, 6) is 0. The maximum absolute atomic E-state index is 8.60. The van der Waals surface area contributed by atoms with E-state index in [1.807, 2.05) is 55.6 Å². The molecular formula is C22H33ClN4O. The van der Waals surface area contributed by atoms with Crippen LogP contribution in [0, 0.1) is 5.41 Å². The molecule has 0 atom stereocenters. The van der Waals surface area contributed by atoms with E-state index in [0.717, 1.165) is 42.7 Å². The molecule has 0 saturated carbocycles. The quantitative estimate of drug-likeness (QED) is 0.340. The van der Waals surface area contributed by atoms with E-state index < -0.39 is 0 Å². The van der Waals surface area contributed by atoms with Crippen LogP contribution in [-0.4, -0.2) is 44.5 Å². The Labute approximate surface area is 174 Å². The maximum atomic E-state index is 8.60. The highest BCUT2D eigenvalue weighted by molar-refractivity contribution is 6.31. The van der Waals surface area contributed by atoms with Gasteiger partial charge < -0.3 is 5.73 Å². The van der Waals surface area contributed by atoms with Crippen molar-refractivity contribution in [3.63, 3.8) is 0 Å². The molecule has 0 aromatic heterocycles. The number of benzene rings is 2. The molecular weight excluding hydrogens is 372 g/mol. The van der Waals surface area contributed by atoms with Crippen molar-refractivity contribution in [3.05, 3.63) is 64.7 Å². The molecule has 0 radical (unpaired) electrons. The van der Waals surface area contributed by atoms with E-state index in [-0.39, 0.29) is 0 Å².